The van der Waals surface area contributed by atoms with Crippen LogP contribution in [0.2, 0.25) is 30.7 Å². The Morgan fingerprint density at radius 3 is 2.37 bits per heavy atom. The minimum atomic E-state index is -1.09. The zero-order chi connectivity index (χ0) is 20.0. The summed E-state index contributed by atoms with van der Waals surface area (Å²) < 4.78 is 19.9. The summed E-state index contributed by atoms with van der Waals surface area (Å²) in [5, 5.41) is 6.08. The van der Waals surface area contributed by atoms with Crippen molar-refractivity contribution in [2.75, 3.05) is 6.61 Å². The van der Waals surface area contributed by atoms with Crippen molar-refractivity contribution in [2.45, 2.75) is 71.3 Å². The molecule has 1 aliphatic rings. The van der Waals surface area contributed by atoms with E-state index in [2.05, 4.69) is 24.7 Å². The molecular formula is C19H30BClN2O3Si. The second kappa shape index (κ2) is 7.19. The topological polar surface area (TPSA) is 45.5 Å². The van der Waals surface area contributed by atoms with E-state index >= 15 is 0 Å². The van der Waals surface area contributed by atoms with Gasteiger partial charge in [-0.2, -0.15) is 5.10 Å². The van der Waals surface area contributed by atoms with Crippen LogP contribution in [0.4, 0.5) is 0 Å². The average Bonchev–Trinajstić information content (AvgIpc) is 3.02. The second-order valence-corrected chi connectivity index (χ2v) is 15.5. The first kappa shape index (κ1) is 20.9. The Kier molecular flexibility index (Phi) is 5.56. The normalized spacial score (nSPS) is 19.2. The van der Waals surface area contributed by atoms with Crippen LogP contribution in [0.3, 0.4) is 0 Å². The summed E-state index contributed by atoms with van der Waals surface area (Å²) >= 11 is 6.69. The zero-order valence-electron chi connectivity index (χ0n) is 17.4. The van der Waals surface area contributed by atoms with Crippen molar-refractivity contribution < 1.29 is 14.0 Å². The monoisotopic (exact) mass is 408 g/mol. The molecule has 3 rings (SSSR count). The van der Waals surface area contributed by atoms with Crippen molar-refractivity contribution in [3.8, 4) is 0 Å². The molecule has 2 aromatic rings. The summed E-state index contributed by atoms with van der Waals surface area (Å²) in [4.78, 5) is 0. The molecule has 0 N–H and O–H groups in total. The maximum Gasteiger partial charge on any atom is 0.496 e. The minimum absolute atomic E-state index is 0.398. The lowest BCUT2D eigenvalue weighted by molar-refractivity contribution is 0.00578. The average molecular weight is 409 g/mol. The van der Waals surface area contributed by atoms with Crippen LogP contribution in [0.25, 0.3) is 10.9 Å². The van der Waals surface area contributed by atoms with Gasteiger partial charge in [0, 0.05) is 31.7 Å². The first-order chi connectivity index (χ1) is 12.4. The molecule has 1 aliphatic heterocycles. The van der Waals surface area contributed by atoms with E-state index in [9.17, 15) is 0 Å². The standard InChI is InChI=1S/C19H30BClN2O3Si/c1-18(2)19(3,4)26-20(25-18)15-8-9-16-14(17(15)21)12-23(22-16)13-24-10-11-27(5,6)7/h8-9,12H,10-11,13H2,1-7H3. The van der Waals surface area contributed by atoms with E-state index in [0.29, 0.717) is 11.8 Å². The van der Waals surface area contributed by atoms with Crippen LogP contribution >= 0.6 is 11.6 Å². The smallest absolute Gasteiger partial charge is 0.399 e. The first-order valence-electron chi connectivity index (χ1n) is 9.49. The summed E-state index contributed by atoms with van der Waals surface area (Å²) in [6.45, 7) is 16.4. The largest absolute Gasteiger partial charge is 0.496 e. The Morgan fingerprint density at radius 1 is 1.15 bits per heavy atom. The van der Waals surface area contributed by atoms with Crippen LogP contribution in [0, 0.1) is 0 Å². The van der Waals surface area contributed by atoms with Crippen LogP contribution in [-0.2, 0) is 20.8 Å². The molecule has 2 heterocycles. The van der Waals surface area contributed by atoms with Gasteiger partial charge in [0.2, 0.25) is 0 Å². The van der Waals surface area contributed by atoms with Gasteiger partial charge in [-0.15, -0.1) is 0 Å². The van der Waals surface area contributed by atoms with Gasteiger partial charge in [0.1, 0.15) is 6.73 Å². The number of benzene rings is 1. The van der Waals surface area contributed by atoms with Gasteiger partial charge in [-0.25, -0.2) is 4.68 Å². The van der Waals surface area contributed by atoms with E-state index < -0.39 is 26.4 Å². The first-order valence-corrected chi connectivity index (χ1v) is 13.6. The Hall–Kier alpha value is -0.858. The van der Waals surface area contributed by atoms with E-state index in [0.717, 1.165) is 29.0 Å². The molecule has 1 saturated heterocycles. The molecule has 0 bridgehead atoms. The highest BCUT2D eigenvalue weighted by atomic mass is 35.5. The van der Waals surface area contributed by atoms with E-state index in [-0.39, 0.29) is 0 Å². The van der Waals surface area contributed by atoms with Crippen LogP contribution < -0.4 is 5.46 Å². The highest BCUT2D eigenvalue weighted by molar-refractivity contribution is 6.76. The van der Waals surface area contributed by atoms with Gasteiger partial charge < -0.3 is 14.0 Å². The minimum Gasteiger partial charge on any atom is -0.399 e. The van der Waals surface area contributed by atoms with Crippen LogP contribution in [0.1, 0.15) is 27.7 Å². The quantitative estimate of drug-likeness (QED) is 0.528. The number of ether oxygens (including phenoxy) is 1. The zero-order valence-corrected chi connectivity index (χ0v) is 19.2. The summed E-state index contributed by atoms with van der Waals surface area (Å²) in [7, 11) is -1.57. The molecular weight excluding hydrogens is 379 g/mol. The van der Waals surface area contributed by atoms with Crippen molar-refractivity contribution in [1.82, 2.24) is 9.78 Å². The van der Waals surface area contributed by atoms with Gasteiger partial charge in [0.05, 0.1) is 21.7 Å². The lowest BCUT2D eigenvalue weighted by Crippen LogP contribution is -2.41. The van der Waals surface area contributed by atoms with E-state index in [4.69, 9.17) is 25.6 Å². The molecule has 0 unspecified atom stereocenters. The number of halogens is 1. The van der Waals surface area contributed by atoms with Crippen LogP contribution in [-0.4, -0.2) is 42.8 Å². The molecule has 0 amide bonds. The van der Waals surface area contributed by atoms with Crippen molar-refractivity contribution in [3.63, 3.8) is 0 Å². The van der Waals surface area contributed by atoms with Gasteiger partial charge >= 0.3 is 7.12 Å². The number of fused-ring (bicyclic) bond motifs is 1. The second-order valence-electron chi connectivity index (χ2n) is 9.51. The fourth-order valence-electron chi connectivity index (χ4n) is 2.88. The maximum atomic E-state index is 6.69. The van der Waals surface area contributed by atoms with Crippen molar-refractivity contribution in [3.05, 3.63) is 23.4 Å². The lowest BCUT2D eigenvalue weighted by atomic mass is 9.78. The van der Waals surface area contributed by atoms with Gasteiger partial charge in [-0.3, -0.25) is 0 Å². The summed E-state index contributed by atoms with van der Waals surface area (Å²) in [6, 6.07) is 5.04. The number of rotatable bonds is 6. The van der Waals surface area contributed by atoms with E-state index in [1.807, 2.05) is 46.0 Å². The van der Waals surface area contributed by atoms with Crippen molar-refractivity contribution in [1.29, 1.82) is 0 Å². The van der Waals surface area contributed by atoms with Gasteiger partial charge in [0.15, 0.2) is 0 Å². The fourth-order valence-corrected chi connectivity index (χ4v) is 3.93. The van der Waals surface area contributed by atoms with E-state index in [1.165, 1.54) is 0 Å². The number of hydrogen-bond donors (Lipinski definition) is 0. The fraction of sp³-hybridized carbons (Fsp3) is 0.632. The Bertz CT molecular complexity index is 816. The van der Waals surface area contributed by atoms with E-state index in [1.54, 1.807) is 4.68 Å². The number of aromatic nitrogens is 2. The molecule has 0 radical (unpaired) electrons. The third-order valence-corrected chi connectivity index (χ3v) is 7.55. The predicted molar refractivity (Wildman–Crippen MR) is 115 cm³/mol. The molecule has 148 valence electrons. The molecule has 8 heteroatoms. The van der Waals surface area contributed by atoms with Crippen molar-refractivity contribution >= 4 is 43.2 Å². The molecule has 0 spiro atoms. The molecule has 1 aromatic carbocycles. The summed E-state index contributed by atoms with van der Waals surface area (Å²) in [6.07, 6.45) is 1.93. The predicted octanol–water partition coefficient (Wildman–Crippen LogP) is 4.30. The molecule has 0 aliphatic carbocycles. The van der Waals surface area contributed by atoms with Gasteiger partial charge in [0.25, 0.3) is 0 Å². The van der Waals surface area contributed by atoms with Gasteiger partial charge in [-0.05, 0) is 39.8 Å². The molecule has 0 saturated carbocycles. The number of nitrogens with zero attached hydrogens (tertiary/aromatic N) is 2. The molecule has 1 aromatic heterocycles. The third kappa shape index (κ3) is 4.43. The summed E-state index contributed by atoms with van der Waals surface area (Å²) in [5.74, 6) is 0. The van der Waals surface area contributed by atoms with Crippen LogP contribution in [0.15, 0.2) is 18.3 Å². The van der Waals surface area contributed by atoms with Crippen molar-refractivity contribution in [2.24, 2.45) is 0 Å². The Balaban J connectivity index is 1.76. The SMILES string of the molecule is CC1(C)OB(c2ccc3nn(COCC[Si](C)(C)C)cc3c2Cl)OC1(C)C. The number of hydrogen-bond acceptors (Lipinski definition) is 4. The molecule has 1 fully saturated rings. The molecule has 0 atom stereocenters. The molecule has 5 nitrogen and oxygen atoms in total. The Labute approximate surface area is 168 Å². The summed E-state index contributed by atoms with van der Waals surface area (Å²) in [5.41, 5.74) is 0.880. The third-order valence-electron chi connectivity index (χ3n) is 5.43. The highest BCUT2D eigenvalue weighted by Gasteiger charge is 2.52. The maximum absolute atomic E-state index is 6.69. The lowest BCUT2D eigenvalue weighted by Gasteiger charge is -2.32. The molecule has 27 heavy (non-hydrogen) atoms. The van der Waals surface area contributed by atoms with Crippen LogP contribution in [0.5, 0.6) is 0 Å². The Morgan fingerprint density at radius 2 is 1.78 bits per heavy atom. The van der Waals surface area contributed by atoms with Gasteiger partial charge in [-0.1, -0.05) is 37.3 Å². The highest BCUT2D eigenvalue weighted by Crippen LogP contribution is 2.37.